The third-order valence-corrected chi connectivity index (χ3v) is 9.98. The normalized spacial score (nSPS) is 14.3. The summed E-state index contributed by atoms with van der Waals surface area (Å²) >= 11 is 0. The van der Waals surface area contributed by atoms with Gasteiger partial charge in [0.25, 0.3) is 0 Å². The van der Waals surface area contributed by atoms with Gasteiger partial charge in [0, 0.05) is 49.4 Å². The van der Waals surface area contributed by atoms with E-state index in [0.717, 1.165) is 55.8 Å². The summed E-state index contributed by atoms with van der Waals surface area (Å²) in [5.41, 5.74) is 3.03. The number of fused-ring (bicyclic) bond motifs is 1. The number of hydrogen-bond donors (Lipinski definition) is 4. The van der Waals surface area contributed by atoms with E-state index < -0.39 is 15.1 Å². The summed E-state index contributed by atoms with van der Waals surface area (Å²) in [6.45, 7) is 7.26. The van der Waals surface area contributed by atoms with Crippen molar-refractivity contribution in [1.29, 1.82) is 0 Å². The summed E-state index contributed by atoms with van der Waals surface area (Å²) < 4.78 is 32.0. The number of piperidine rings is 1. The average molecular weight is 604 g/mol. The van der Waals surface area contributed by atoms with Crippen molar-refractivity contribution >= 4 is 49.6 Å². The summed E-state index contributed by atoms with van der Waals surface area (Å²) in [5.74, 6) is 1.55. The van der Waals surface area contributed by atoms with E-state index in [0.29, 0.717) is 34.8 Å². The van der Waals surface area contributed by atoms with Crippen LogP contribution in [0.4, 0.5) is 28.8 Å². The first kappa shape index (κ1) is 30.5. The topological polar surface area (TPSA) is 121 Å². The molecule has 2 heterocycles. The lowest BCUT2D eigenvalue weighted by atomic mass is 10.0. The predicted octanol–water partition coefficient (Wildman–Crippen LogP) is 5.09. The standard InChI is InChI=1S/C32H41N7O3S/c1-22(2)43(40,41)30-12-8-7-11-28(30)35-31-25-9-5-6-10-26(25)36-32(38-31)37-27-14-13-24(21-29(27)42-4)39-19-15-23(16-20-39)34-18-17-33-3/h5-14,21-23,33-34H,15-20H2,1-4H3,(H2,35,36,37,38). The summed E-state index contributed by atoms with van der Waals surface area (Å²) in [5, 5.41) is 13.6. The third kappa shape index (κ3) is 7.01. The van der Waals surface area contributed by atoms with Gasteiger partial charge in [-0.05, 0) is 70.1 Å². The van der Waals surface area contributed by atoms with Gasteiger partial charge in [0.2, 0.25) is 5.95 Å². The van der Waals surface area contributed by atoms with Crippen LogP contribution in [0.1, 0.15) is 26.7 Å². The number of aromatic nitrogens is 2. The minimum Gasteiger partial charge on any atom is -0.494 e. The second kappa shape index (κ2) is 13.6. The van der Waals surface area contributed by atoms with E-state index in [-0.39, 0.29) is 4.90 Å². The fourth-order valence-electron chi connectivity index (χ4n) is 5.27. The van der Waals surface area contributed by atoms with Crippen LogP contribution in [-0.4, -0.2) is 70.0 Å². The minimum absolute atomic E-state index is 0.234. The van der Waals surface area contributed by atoms with Gasteiger partial charge < -0.3 is 30.9 Å². The van der Waals surface area contributed by atoms with Gasteiger partial charge in [-0.2, -0.15) is 4.98 Å². The van der Waals surface area contributed by atoms with Crippen molar-refractivity contribution in [3.8, 4) is 5.75 Å². The second-order valence-electron chi connectivity index (χ2n) is 11.0. The fourth-order valence-corrected chi connectivity index (χ4v) is 6.47. The van der Waals surface area contributed by atoms with Crippen molar-refractivity contribution in [2.24, 2.45) is 0 Å². The van der Waals surface area contributed by atoms with Gasteiger partial charge in [-0.1, -0.05) is 24.3 Å². The van der Waals surface area contributed by atoms with Crippen LogP contribution in [0, 0.1) is 0 Å². The molecule has 1 aliphatic rings. The van der Waals surface area contributed by atoms with E-state index in [1.807, 2.05) is 43.4 Å². The van der Waals surface area contributed by atoms with Crippen LogP contribution >= 0.6 is 0 Å². The SMILES string of the molecule is CNCCNC1CCN(c2ccc(Nc3nc(Nc4ccccc4S(=O)(=O)C(C)C)c4ccccc4n3)c(OC)c2)CC1. The molecule has 4 aromatic rings. The van der Waals surface area contributed by atoms with Crippen LogP contribution < -0.4 is 30.9 Å². The number of para-hydroxylation sites is 2. The van der Waals surface area contributed by atoms with Gasteiger partial charge in [0.1, 0.15) is 11.6 Å². The van der Waals surface area contributed by atoms with E-state index in [2.05, 4.69) is 32.2 Å². The molecule has 0 spiro atoms. The molecular formula is C32H41N7O3S. The molecule has 1 aliphatic heterocycles. The number of nitrogens with zero attached hydrogens (tertiary/aromatic N) is 3. The summed E-state index contributed by atoms with van der Waals surface area (Å²) in [4.78, 5) is 12.1. The molecule has 0 saturated carbocycles. The van der Waals surface area contributed by atoms with E-state index in [9.17, 15) is 8.42 Å². The molecule has 1 saturated heterocycles. The number of nitrogens with one attached hydrogen (secondary N) is 4. The number of hydrogen-bond acceptors (Lipinski definition) is 10. The first-order valence-corrected chi connectivity index (χ1v) is 16.3. The lowest BCUT2D eigenvalue weighted by molar-refractivity contribution is 0.410. The van der Waals surface area contributed by atoms with Crippen LogP contribution in [0.2, 0.25) is 0 Å². The molecule has 0 atom stereocenters. The third-order valence-electron chi connectivity index (χ3n) is 7.77. The Morgan fingerprint density at radius 3 is 2.42 bits per heavy atom. The zero-order valence-corrected chi connectivity index (χ0v) is 26.0. The summed E-state index contributed by atoms with van der Waals surface area (Å²) in [7, 11) is 0.109. The van der Waals surface area contributed by atoms with E-state index >= 15 is 0 Å². The van der Waals surface area contributed by atoms with Crippen LogP contribution in [0.5, 0.6) is 5.75 Å². The fraction of sp³-hybridized carbons (Fsp3) is 0.375. The maximum absolute atomic E-state index is 13.1. The smallest absolute Gasteiger partial charge is 0.229 e. The molecule has 43 heavy (non-hydrogen) atoms. The Bertz CT molecular complexity index is 1650. The Kier molecular flexibility index (Phi) is 9.64. The van der Waals surface area contributed by atoms with E-state index in [1.165, 1.54) is 0 Å². The molecular weight excluding hydrogens is 562 g/mol. The highest BCUT2D eigenvalue weighted by molar-refractivity contribution is 7.92. The molecule has 4 N–H and O–H groups in total. The number of ether oxygens (including phenoxy) is 1. The largest absolute Gasteiger partial charge is 0.494 e. The minimum atomic E-state index is -3.52. The molecule has 0 bridgehead atoms. The number of methoxy groups -OCH3 is 1. The maximum atomic E-state index is 13.1. The van der Waals surface area contributed by atoms with E-state index in [4.69, 9.17) is 14.7 Å². The Morgan fingerprint density at radius 2 is 1.67 bits per heavy atom. The van der Waals surface area contributed by atoms with Gasteiger partial charge in [-0.15, -0.1) is 0 Å². The zero-order chi connectivity index (χ0) is 30.4. The Morgan fingerprint density at radius 1 is 0.930 bits per heavy atom. The highest BCUT2D eigenvalue weighted by atomic mass is 32.2. The molecule has 228 valence electrons. The molecule has 0 unspecified atom stereocenters. The second-order valence-corrected chi connectivity index (χ2v) is 13.4. The number of rotatable bonds is 12. The molecule has 5 rings (SSSR count). The molecule has 0 amide bonds. The van der Waals surface area contributed by atoms with Gasteiger partial charge in [-0.25, -0.2) is 13.4 Å². The number of anilines is 5. The molecule has 0 radical (unpaired) electrons. The van der Waals surface area contributed by atoms with Crippen molar-refractivity contribution < 1.29 is 13.2 Å². The molecule has 10 nitrogen and oxygen atoms in total. The number of likely N-dealkylation sites (N-methyl/N-ethyl adjacent to an activating group) is 1. The quantitative estimate of drug-likeness (QED) is 0.163. The Hall–Kier alpha value is -3.93. The van der Waals surface area contributed by atoms with E-state index in [1.54, 1.807) is 45.2 Å². The van der Waals surface area contributed by atoms with Crippen molar-refractivity contribution in [1.82, 2.24) is 20.6 Å². The van der Waals surface area contributed by atoms with Crippen LogP contribution in [-0.2, 0) is 9.84 Å². The molecule has 0 aliphatic carbocycles. The van der Waals surface area contributed by atoms with Crippen LogP contribution in [0.15, 0.2) is 71.6 Å². The first-order valence-electron chi connectivity index (χ1n) is 14.7. The highest BCUT2D eigenvalue weighted by Gasteiger charge is 2.24. The number of sulfone groups is 1. The monoisotopic (exact) mass is 603 g/mol. The Balaban J connectivity index is 1.39. The van der Waals surface area contributed by atoms with Gasteiger partial charge in [0.15, 0.2) is 9.84 Å². The molecule has 3 aromatic carbocycles. The predicted molar refractivity (Wildman–Crippen MR) is 175 cm³/mol. The van der Waals surface area contributed by atoms with Crippen LogP contribution in [0.25, 0.3) is 10.9 Å². The van der Waals surface area contributed by atoms with Crippen molar-refractivity contribution in [3.05, 3.63) is 66.7 Å². The van der Waals surface area contributed by atoms with Crippen LogP contribution in [0.3, 0.4) is 0 Å². The summed E-state index contributed by atoms with van der Waals surface area (Å²) in [6, 6.07) is 21.2. The van der Waals surface area contributed by atoms with Gasteiger partial charge in [-0.3, -0.25) is 0 Å². The molecule has 1 aromatic heterocycles. The summed E-state index contributed by atoms with van der Waals surface area (Å²) in [6.07, 6.45) is 2.18. The lowest BCUT2D eigenvalue weighted by Gasteiger charge is -2.34. The van der Waals surface area contributed by atoms with Crippen molar-refractivity contribution in [3.63, 3.8) is 0 Å². The lowest BCUT2D eigenvalue weighted by Crippen LogP contribution is -2.44. The van der Waals surface area contributed by atoms with Gasteiger partial charge in [0.05, 0.1) is 34.1 Å². The highest BCUT2D eigenvalue weighted by Crippen LogP contribution is 2.35. The molecule has 1 fully saturated rings. The average Bonchev–Trinajstić information content (AvgIpc) is 3.02. The van der Waals surface area contributed by atoms with Gasteiger partial charge >= 0.3 is 0 Å². The number of benzene rings is 3. The maximum Gasteiger partial charge on any atom is 0.229 e. The van der Waals surface area contributed by atoms with Crippen molar-refractivity contribution in [2.45, 2.75) is 42.9 Å². The first-order chi connectivity index (χ1) is 20.8. The Labute approximate surface area is 254 Å². The van der Waals surface area contributed by atoms with Crippen molar-refractivity contribution in [2.75, 3.05) is 55.9 Å². The zero-order valence-electron chi connectivity index (χ0n) is 25.2. The molecule has 11 heteroatoms.